The third-order valence-corrected chi connectivity index (χ3v) is 2.59. The first-order valence-electron chi connectivity index (χ1n) is 4.92. The van der Waals surface area contributed by atoms with Crippen molar-refractivity contribution in [2.24, 2.45) is 0 Å². The Labute approximate surface area is 94.3 Å². The molecule has 1 N–H and O–H groups in total. The smallest absolute Gasteiger partial charge is 0.0313 e. The maximum absolute atomic E-state index is 4.16. The van der Waals surface area contributed by atoms with Gasteiger partial charge in [0.2, 0.25) is 0 Å². The SMILES string of the molecule is Cc1cncc(CNC(C)CCBr)c1. The summed E-state index contributed by atoms with van der Waals surface area (Å²) in [6.45, 7) is 5.17. The molecular formula is C11H17BrN2. The fraction of sp³-hybridized carbons (Fsp3) is 0.545. The van der Waals surface area contributed by atoms with Crippen molar-refractivity contribution in [1.29, 1.82) is 0 Å². The van der Waals surface area contributed by atoms with Crippen molar-refractivity contribution in [2.45, 2.75) is 32.9 Å². The minimum absolute atomic E-state index is 0.551. The number of rotatable bonds is 5. The Morgan fingerprint density at radius 3 is 2.93 bits per heavy atom. The van der Waals surface area contributed by atoms with E-state index in [-0.39, 0.29) is 0 Å². The van der Waals surface area contributed by atoms with Crippen molar-refractivity contribution in [2.75, 3.05) is 5.33 Å². The number of aryl methyl sites for hydroxylation is 1. The molecule has 0 aliphatic rings. The van der Waals surface area contributed by atoms with Gasteiger partial charge in [0.15, 0.2) is 0 Å². The van der Waals surface area contributed by atoms with Gasteiger partial charge in [0, 0.05) is 30.3 Å². The van der Waals surface area contributed by atoms with Gasteiger partial charge in [0.1, 0.15) is 0 Å². The molecular weight excluding hydrogens is 240 g/mol. The number of nitrogens with one attached hydrogen (secondary N) is 1. The molecule has 14 heavy (non-hydrogen) atoms. The van der Waals surface area contributed by atoms with E-state index >= 15 is 0 Å². The van der Waals surface area contributed by atoms with Crippen LogP contribution in [0.5, 0.6) is 0 Å². The fourth-order valence-electron chi connectivity index (χ4n) is 1.27. The van der Waals surface area contributed by atoms with Gasteiger partial charge in [-0.15, -0.1) is 0 Å². The molecule has 3 heteroatoms. The van der Waals surface area contributed by atoms with Gasteiger partial charge in [0.25, 0.3) is 0 Å². The van der Waals surface area contributed by atoms with Crippen LogP contribution in [0.25, 0.3) is 0 Å². The van der Waals surface area contributed by atoms with E-state index in [9.17, 15) is 0 Å². The zero-order chi connectivity index (χ0) is 10.4. The number of pyridine rings is 1. The summed E-state index contributed by atoms with van der Waals surface area (Å²) < 4.78 is 0. The van der Waals surface area contributed by atoms with Gasteiger partial charge in [-0.2, -0.15) is 0 Å². The van der Waals surface area contributed by atoms with E-state index < -0.39 is 0 Å². The highest BCUT2D eigenvalue weighted by Gasteiger charge is 2.00. The summed E-state index contributed by atoms with van der Waals surface area (Å²) in [6.07, 6.45) is 4.95. The standard InChI is InChI=1S/C11H17BrN2/c1-9-5-11(7-13-6-9)8-14-10(2)3-4-12/h5-7,10,14H,3-4,8H2,1-2H3. The van der Waals surface area contributed by atoms with Crippen LogP contribution in [0.1, 0.15) is 24.5 Å². The normalized spacial score (nSPS) is 12.8. The molecule has 0 saturated carbocycles. The lowest BCUT2D eigenvalue weighted by Gasteiger charge is -2.12. The Kier molecular flexibility index (Phi) is 5.12. The first-order chi connectivity index (χ1) is 6.72. The number of nitrogens with zero attached hydrogens (tertiary/aromatic N) is 1. The quantitative estimate of drug-likeness (QED) is 0.820. The number of alkyl halides is 1. The lowest BCUT2D eigenvalue weighted by Crippen LogP contribution is -2.25. The third-order valence-electron chi connectivity index (χ3n) is 2.13. The molecule has 78 valence electrons. The minimum Gasteiger partial charge on any atom is -0.310 e. The van der Waals surface area contributed by atoms with Crippen LogP contribution in [-0.4, -0.2) is 16.4 Å². The van der Waals surface area contributed by atoms with Crippen molar-refractivity contribution in [3.63, 3.8) is 0 Å². The van der Waals surface area contributed by atoms with Crippen molar-refractivity contribution in [3.8, 4) is 0 Å². The average molecular weight is 257 g/mol. The largest absolute Gasteiger partial charge is 0.310 e. The summed E-state index contributed by atoms with van der Waals surface area (Å²) in [5, 5.41) is 4.51. The Bertz CT molecular complexity index is 276. The molecule has 0 saturated heterocycles. The Hall–Kier alpha value is -0.410. The Morgan fingerprint density at radius 2 is 2.29 bits per heavy atom. The molecule has 1 atom stereocenters. The van der Waals surface area contributed by atoms with Crippen molar-refractivity contribution >= 4 is 15.9 Å². The number of halogens is 1. The molecule has 1 aromatic rings. The van der Waals surface area contributed by atoms with Crippen molar-refractivity contribution < 1.29 is 0 Å². The second-order valence-electron chi connectivity index (χ2n) is 3.63. The van der Waals surface area contributed by atoms with E-state index in [2.05, 4.69) is 46.1 Å². The van der Waals surface area contributed by atoms with Crippen LogP contribution in [-0.2, 0) is 6.54 Å². The molecule has 2 nitrogen and oxygen atoms in total. The summed E-state index contributed by atoms with van der Waals surface area (Å²) >= 11 is 3.44. The topological polar surface area (TPSA) is 24.9 Å². The van der Waals surface area contributed by atoms with Gasteiger partial charge in [-0.3, -0.25) is 4.98 Å². The predicted octanol–water partition coefficient (Wildman–Crippen LogP) is 2.65. The molecule has 0 aliphatic carbocycles. The van der Waals surface area contributed by atoms with Crippen molar-refractivity contribution in [3.05, 3.63) is 29.6 Å². The zero-order valence-corrected chi connectivity index (χ0v) is 10.3. The summed E-state index contributed by atoms with van der Waals surface area (Å²) in [7, 11) is 0. The highest BCUT2D eigenvalue weighted by atomic mass is 79.9. The van der Waals surface area contributed by atoms with E-state index in [0.29, 0.717) is 6.04 Å². The van der Waals surface area contributed by atoms with E-state index in [1.165, 1.54) is 11.1 Å². The summed E-state index contributed by atoms with van der Waals surface area (Å²) in [4.78, 5) is 4.16. The van der Waals surface area contributed by atoms with E-state index in [1.54, 1.807) is 0 Å². The van der Waals surface area contributed by atoms with E-state index in [1.807, 2.05) is 12.4 Å². The second kappa shape index (κ2) is 6.14. The monoisotopic (exact) mass is 256 g/mol. The van der Waals surface area contributed by atoms with Gasteiger partial charge >= 0.3 is 0 Å². The first-order valence-corrected chi connectivity index (χ1v) is 6.04. The molecule has 0 radical (unpaired) electrons. The second-order valence-corrected chi connectivity index (χ2v) is 4.42. The molecule has 0 bridgehead atoms. The van der Waals surface area contributed by atoms with Crippen LogP contribution < -0.4 is 5.32 Å². The van der Waals surface area contributed by atoms with Crippen LogP contribution in [0.4, 0.5) is 0 Å². The van der Waals surface area contributed by atoms with Gasteiger partial charge in [0.05, 0.1) is 0 Å². The lowest BCUT2D eigenvalue weighted by atomic mass is 10.2. The summed E-state index contributed by atoms with van der Waals surface area (Å²) in [5.41, 5.74) is 2.48. The molecule has 1 unspecified atom stereocenters. The highest BCUT2D eigenvalue weighted by molar-refractivity contribution is 9.09. The van der Waals surface area contributed by atoms with E-state index in [0.717, 1.165) is 18.3 Å². The minimum atomic E-state index is 0.551. The Morgan fingerprint density at radius 1 is 1.50 bits per heavy atom. The summed E-state index contributed by atoms with van der Waals surface area (Å²) in [5.74, 6) is 0. The number of aromatic nitrogens is 1. The molecule has 0 aromatic carbocycles. The van der Waals surface area contributed by atoms with E-state index in [4.69, 9.17) is 0 Å². The maximum Gasteiger partial charge on any atom is 0.0313 e. The van der Waals surface area contributed by atoms with Crippen LogP contribution >= 0.6 is 15.9 Å². The zero-order valence-electron chi connectivity index (χ0n) is 8.76. The van der Waals surface area contributed by atoms with Crippen LogP contribution in [0.15, 0.2) is 18.5 Å². The van der Waals surface area contributed by atoms with Crippen LogP contribution in [0.2, 0.25) is 0 Å². The molecule has 0 fully saturated rings. The van der Waals surface area contributed by atoms with Gasteiger partial charge < -0.3 is 5.32 Å². The highest BCUT2D eigenvalue weighted by Crippen LogP contribution is 2.02. The molecule has 1 heterocycles. The van der Waals surface area contributed by atoms with Gasteiger partial charge in [-0.1, -0.05) is 22.0 Å². The van der Waals surface area contributed by atoms with Crippen LogP contribution in [0.3, 0.4) is 0 Å². The molecule has 0 spiro atoms. The third kappa shape index (κ3) is 4.20. The van der Waals surface area contributed by atoms with Gasteiger partial charge in [-0.25, -0.2) is 0 Å². The molecule has 1 rings (SSSR count). The average Bonchev–Trinajstić information content (AvgIpc) is 2.15. The molecule has 0 amide bonds. The van der Waals surface area contributed by atoms with Crippen LogP contribution in [0, 0.1) is 6.92 Å². The lowest BCUT2D eigenvalue weighted by molar-refractivity contribution is 0.538. The van der Waals surface area contributed by atoms with Gasteiger partial charge in [-0.05, 0) is 31.4 Å². The van der Waals surface area contributed by atoms with Crippen molar-refractivity contribution in [1.82, 2.24) is 10.3 Å². The number of hydrogen-bond donors (Lipinski definition) is 1. The maximum atomic E-state index is 4.16. The molecule has 1 aromatic heterocycles. The molecule has 0 aliphatic heterocycles. The fourth-order valence-corrected chi connectivity index (χ4v) is 1.96. The first kappa shape index (κ1) is 11.7. The number of hydrogen-bond acceptors (Lipinski definition) is 2. The predicted molar refractivity (Wildman–Crippen MR) is 63.7 cm³/mol. The summed E-state index contributed by atoms with van der Waals surface area (Å²) in [6, 6.07) is 2.72. The Balaban J connectivity index is 2.37.